The maximum atomic E-state index is 5.74. The highest BCUT2D eigenvalue weighted by Crippen LogP contribution is 2.39. The Bertz CT molecular complexity index is 786. The van der Waals surface area contributed by atoms with Crippen molar-refractivity contribution in [3.8, 4) is 28.7 Å². The van der Waals surface area contributed by atoms with E-state index in [-0.39, 0.29) is 0 Å². The highest BCUT2D eigenvalue weighted by molar-refractivity contribution is 5.94. The molecule has 2 aromatic rings. The van der Waals surface area contributed by atoms with Gasteiger partial charge in [0.2, 0.25) is 5.75 Å². The molecule has 2 rings (SSSR count). The van der Waals surface area contributed by atoms with Crippen LogP contribution < -0.4 is 34.3 Å². The molecule has 2 aromatic carbocycles. The monoisotopic (exact) mass is 403 g/mol. The van der Waals surface area contributed by atoms with Gasteiger partial charge in [0.05, 0.1) is 35.0 Å². The summed E-state index contributed by atoms with van der Waals surface area (Å²) in [6.45, 7) is 1.26. The van der Waals surface area contributed by atoms with Crippen LogP contribution in [0.5, 0.6) is 28.7 Å². The molecule has 0 unspecified atom stereocenters. The zero-order valence-corrected chi connectivity index (χ0v) is 17.6. The van der Waals surface area contributed by atoms with Crippen molar-refractivity contribution in [2.75, 3.05) is 54.0 Å². The average molecular weight is 403 g/mol. The molecular formula is C21H29N3O5. The molecule has 0 aliphatic heterocycles. The van der Waals surface area contributed by atoms with Crippen LogP contribution in [-0.4, -0.2) is 54.6 Å². The predicted octanol–water partition coefficient (Wildman–Crippen LogP) is 3.18. The highest BCUT2D eigenvalue weighted by atomic mass is 16.5. The first-order chi connectivity index (χ1) is 14.1. The van der Waals surface area contributed by atoms with Crippen LogP contribution in [0, 0.1) is 0 Å². The molecule has 0 heterocycles. The molecule has 8 nitrogen and oxygen atoms in total. The molecule has 0 aliphatic rings. The van der Waals surface area contributed by atoms with Gasteiger partial charge in [0, 0.05) is 37.5 Å². The molecule has 2 N–H and O–H groups in total. The van der Waals surface area contributed by atoms with Crippen LogP contribution in [0.1, 0.15) is 6.42 Å². The number of hydrogen-bond acceptors (Lipinski definition) is 6. The van der Waals surface area contributed by atoms with Gasteiger partial charge in [0.1, 0.15) is 11.5 Å². The van der Waals surface area contributed by atoms with E-state index in [9.17, 15) is 0 Å². The first-order valence-corrected chi connectivity index (χ1v) is 9.19. The number of nitrogens with zero attached hydrogens (tertiary/aromatic N) is 1. The van der Waals surface area contributed by atoms with Gasteiger partial charge in [0.25, 0.3) is 0 Å². The maximum Gasteiger partial charge on any atom is 0.203 e. The maximum absolute atomic E-state index is 5.74. The molecule has 0 saturated heterocycles. The van der Waals surface area contributed by atoms with Gasteiger partial charge in [-0.25, -0.2) is 0 Å². The van der Waals surface area contributed by atoms with Crippen LogP contribution in [0.3, 0.4) is 0 Å². The number of rotatable bonds is 10. The molecular weight excluding hydrogens is 374 g/mol. The standard InChI is InChI=1S/C21H29N3O5/c1-22-21(23-10-7-11-29-17-9-6-8-16(14-17)25-2)24-15-12-18(26-3)20(28-5)19(13-15)27-4/h6,8-9,12-14H,7,10-11H2,1-5H3,(H2,22,23,24). The zero-order valence-electron chi connectivity index (χ0n) is 17.6. The second-order valence-corrected chi connectivity index (χ2v) is 5.92. The predicted molar refractivity (Wildman–Crippen MR) is 114 cm³/mol. The van der Waals surface area contributed by atoms with Gasteiger partial charge >= 0.3 is 0 Å². The molecule has 29 heavy (non-hydrogen) atoms. The van der Waals surface area contributed by atoms with Gasteiger partial charge in [-0.15, -0.1) is 0 Å². The zero-order chi connectivity index (χ0) is 21.1. The van der Waals surface area contributed by atoms with Gasteiger partial charge in [-0.3, -0.25) is 4.99 Å². The molecule has 0 aromatic heterocycles. The highest BCUT2D eigenvalue weighted by Gasteiger charge is 2.13. The van der Waals surface area contributed by atoms with E-state index in [4.69, 9.17) is 23.7 Å². The van der Waals surface area contributed by atoms with Crippen molar-refractivity contribution in [1.82, 2.24) is 5.32 Å². The number of guanidine groups is 1. The van der Waals surface area contributed by atoms with E-state index < -0.39 is 0 Å². The fourth-order valence-corrected chi connectivity index (χ4v) is 2.63. The van der Waals surface area contributed by atoms with Crippen LogP contribution in [0.2, 0.25) is 0 Å². The minimum absolute atomic E-state index is 0.540. The van der Waals surface area contributed by atoms with E-state index in [0.29, 0.717) is 36.4 Å². The third-order valence-corrected chi connectivity index (χ3v) is 4.07. The summed E-state index contributed by atoms with van der Waals surface area (Å²) in [5.74, 6) is 3.85. The van der Waals surface area contributed by atoms with Crippen LogP contribution in [0.4, 0.5) is 5.69 Å². The van der Waals surface area contributed by atoms with E-state index >= 15 is 0 Å². The van der Waals surface area contributed by atoms with Gasteiger partial charge < -0.3 is 34.3 Å². The summed E-state index contributed by atoms with van der Waals surface area (Å²) in [5.41, 5.74) is 0.764. The van der Waals surface area contributed by atoms with Crippen molar-refractivity contribution in [2.24, 2.45) is 4.99 Å². The fraction of sp³-hybridized carbons (Fsp3) is 0.381. The van der Waals surface area contributed by atoms with Crippen molar-refractivity contribution >= 4 is 11.6 Å². The minimum Gasteiger partial charge on any atom is -0.497 e. The van der Waals surface area contributed by atoms with Gasteiger partial charge in [0.15, 0.2) is 17.5 Å². The number of nitrogens with one attached hydrogen (secondary N) is 2. The van der Waals surface area contributed by atoms with Crippen LogP contribution >= 0.6 is 0 Å². The molecule has 158 valence electrons. The Kier molecular flexibility index (Phi) is 8.75. The number of methoxy groups -OCH3 is 4. The van der Waals surface area contributed by atoms with E-state index in [1.807, 2.05) is 36.4 Å². The molecule has 8 heteroatoms. The number of ether oxygens (including phenoxy) is 5. The Balaban J connectivity index is 1.86. The summed E-state index contributed by atoms with van der Waals surface area (Å²) in [6.07, 6.45) is 0.799. The second kappa shape index (κ2) is 11.5. The first kappa shape index (κ1) is 22.0. The summed E-state index contributed by atoms with van der Waals surface area (Å²) < 4.78 is 27.0. The third-order valence-electron chi connectivity index (χ3n) is 4.07. The summed E-state index contributed by atoms with van der Waals surface area (Å²) in [4.78, 5) is 4.24. The summed E-state index contributed by atoms with van der Waals surface area (Å²) >= 11 is 0. The van der Waals surface area contributed by atoms with E-state index in [0.717, 1.165) is 23.6 Å². The van der Waals surface area contributed by atoms with Gasteiger partial charge in [-0.2, -0.15) is 0 Å². The van der Waals surface area contributed by atoms with Crippen molar-refractivity contribution in [3.05, 3.63) is 36.4 Å². The summed E-state index contributed by atoms with van der Waals surface area (Å²) in [6, 6.07) is 11.2. The fourth-order valence-electron chi connectivity index (χ4n) is 2.63. The van der Waals surface area contributed by atoms with Gasteiger partial charge in [-0.05, 0) is 18.6 Å². The van der Waals surface area contributed by atoms with Gasteiger partial charge in [-0.1, -0.05) is 6.07 Å². The van der Waals surface area contributed by atoms with Crippen molar-refractivity contribution < 1.29 is 23.7 Å². The molecule has 0 atom stereocenters. The largest absolute Gasteiger partial charge is 0.497 e. The van der Waals surface area contributed by atoms with Crippen molar-refractivity contribution in [2.45, 2.75) is 6.42 Å². The molecule has 0 spiro atoms. The lowest BCUT2D eigenvalue weighted by Gasteiger charge is -2.16. The molecule has 0 bridgehead atoms. The van der Waals surface area contributed by atoms with Crippen LogP contribution in [-0.2, 0) is 0 Å². The van der Waals surface area contributed by atoms with Crippen LogP contribution in [0.25, 0.3) is 0 Å². The smallest absolute Gasteiger partial charge is 0.203 e. The van der Waals surface area contributed by atoms with E-state index in [1.54, 1.807) is 35.5 Å². The average Bonchev–Trinajstić information content (AvgIpc) is 2.77. The summed E-state index contributed by atoms with van der Waals surface area (Å²) in [5, 5.41) is 6.47. The number of benzene rings is 2. The minimum atomic E-state index is 0.540. The second-order valence-electron chi connectivity index (χ2n) is 5.92. The molecule has 0 fully saturated rings. The van der Waals surface area contributed by atoms with E-state index in [2.05, 4.69) is 15.6 Å². The van der Waals surface area contributed by atoms with Crippen LogP contribution in [0.15, 0.2) is 41.4 Å². The molecule has 0 amide bonds. The van der Waals surface area contributed by atoms with E-state index in [1.165, 1.54) is 0 Å². The number of hydrogen-bond donors (Lipinski definition) is 2. The lowest BCUT2D eigenvalue weighted by molar-refractivity contribution is 0.309. The lowest BCUT2D eigenvalue weighted by atomic mass is 10.2. The molecule has 0 aliphatic carbocycles. The Labute approximate surface area is 171 Å². The van der Waals surface area contributed by atoms with Crippen molar-refractivity contribution in [3.63, 3.8) is 0 Å². The Hall–Kier alpha value is -3.29. The Morgan fingerprint density at radius 1 is 0.897 bits per heavy atom. The van der Waals surface area contributed by atoms with Crippen molar-refractivity contribution in [1.29, 1.82) is 0 Å². The number of aliphatic imine (C=N–C) groups is 1. The normalized spacial score (nSPS) is 10.9. The lowest BCUT2D eigenvalue weighted by Crippen LogP contribution is -2.32. The molecule has 0 radical (unpaired) electrons. The SMILES string of the molecule is CN=C(NCCCOc1cccc(OC)c1)Nc1cc(OC)c(OC)c(OC)c1. The quantitative estimate of drug-likeness (QED) is 0.358. The Morgan fingerprint density at radius 3 is 2.17 bits per heavy atom. The first-order valence-electron chi connectivity index (χ1n) is 9.19. The third kappa shape index (κ3) is 6.38. The summed E-state index contributed by atoms with van der Waals surface area (Å²) in [7, 11) is 8.07. The molecule has 0 saturated carbocycles. The topological polar surface area (TPSA) is 82.6 Å². The Morgan fingerprint density at radius 2 is 1.59 bits per heavy atom. The number of anilines is 1.